The number of nitrogens with zero attached hydrogens (tertiary/aromatic N) is 1. The molecule has 0 spiro atoms. The van der Waals surface area contributed by atoms with Gasteiger partial charge in [-0.05, 0) is 5.56 Å². The molecule has 2 atom stereocenters. The van der Waals surface area contributed by atoms with Crippen molar-refractivity contribution in [2.75, 3.05) is 0 Å². The molecule has 0 saturated heterocycles. The molecule has 70 valence electrons. The lowest BCUT2D eigenvalue weighted by atomic mass is 9.95. The number of ether oxygens (including phenoxy) is 1. The molecule has 14 heavy (non-hydrogen) atoms. The molecule has 3 rings (SSSR count). The summed E-state index contributed by atoms with van der Waals surface area (Å²) in [5.74, 6) is 0. The standard InChI is InChI=1S/C10H7NO3/c12-11(13)7-3-1-2-6-8-4-5-9(14-8)10(6)7/h1-5,8-9H. The Morgan fingerprint density at radius 1 is 1.29 bits per heavy atom. The van der Waals surface area contributed by atoms with E-state index >= 15 is 0 Å². The third-order valence-corrected chi connectivity index (χ3v) is 2.66. The van der Waals surface area contributed by atoms with Crippen LogP contribution in [0.25, 0.3) is 0 Å². The van der Waals surface area contributed by atoms with Crippen LogP contribution in [0.3, 0.4) is 0 Å². The summed E-state index contributed by atoms with van der Waals surface area (Å²) in [5.41, 5.74) is 1.83. The third kappa shape index (κ3) is 0.807. The van der Waals surface area contributed by atoms with Crippen molar-refractivity contribution in [2.24, 2.45) is 0 Å². The molecule has 0 radical (unpaired) electrons. The number of hydrogen-bond acceptors (Lipinski definition) is 3. The van der Waals surface area contributed by atoms with E-state index in [0.717, 1.165) is 11.1 Å². The largest absolute Gasteiger partial charge is 0.357 e. The zero-order valence-electron chi connectivity index (χ0n) is 7.21. The van der Waals surface area contributed by atoms with Crippen molar-refractivity contribution >= 4 is 5.69 Å². The first-order valence-electron chi connectivity index (χ1n) is 4.38. The van der Waals surface area contributed by atoms with Gasteiger partial charge in [0.05, 0.1) is 10.5 Å². The lowest BCUT2D eigenvalue weighted by Gasteiger charge is -2.06. The van der Waals surface area contributed by atoms with E-state index < -0.39 is 0 Å². The van der Waals surface area contributed by atoms with Crippen LogP contribution in [-0.4, -0.2) is 4.92 Å². The van der Waals surface area contributed by atoms with Crippen LogP contribution >= 0.6 is 0 Å². The Balaban J connectivity index is 2.25. The van der Waals surface area contributed by atoms with Gasteiger partial charge in [0, 0.05) is 6.07 Å². The average molecular weight is 189 g/mol. The van der Waals surface area contributed by atoms with Gasteiger partial charge >= 0.3 is 0 Å². The van der Waals surface area contributed by atoms with Gasteiger partial charge in [-0.15, -0.1) is 0 Å². The highest BCUT2D eigenvalue weighted by molar-refractivity contribution is 5.54. The van der Waals surface area contributed by atoms with Crippen LogP contribution in [0.4, 0.5) is 5.69 Å². The summed E-state index contributed by atoms with van der Waals surface area (Å²) in [6, 6.07) is 5.11. The molecule has 0 N–H and O–H groups in total. The topological polar surface area (TPSA) is 52.4 Å². The lowest BCUT2D eigenvalue weighted by Crippen LogP contribution is -1.99. The van der Waals surface area contributed by atoms with Crippen LogP contribution < -0.4 is 0 Å². The molecule has 0 saturated carbocycles. The van der Waals surface area contributed by atoms with Gasteiger partial charge in [0.25, 0.3) is 5.69 Å². The Hall–Kier alpha value is -1.68. The van der Waals surface area contributed by atoms with Crippen LogP contribution in [-0.2, 0) is 4.74 Å². The molecule has 0 fully saturated rings. The maximum Gasteiger partial charge on any atom is 0.275 e. The molecule has 2 aliphatic rings. The second kappa shape index (κ2) is 2.42. The molecular weight excluding hydrogens is 182 g/mol. The van der Waals surface area contributed by atoms with Crippen LogP contribution in [0.5, 0.6) is 0 Å². The van der Waals surface area contributed by atoms with Gasteiger partial charge in [0.1, 0.15) is 12.2 Å². The number of nitro benzene ring substituents is 1. The highest BCUT2D eigenvalue weighted by atomic mass is 16.6. The van der Waals surface area contributed by atoms with Crippen molar-refractivity contribution in [1.82, 2.24) is 0 Å². The molecule has 4 nitrogen and oxygen atoms in total. The minimum atomic E-state index is -0.350. The monoisotopic (exact) mass is 189 g/mol. The quantitative estimate of drug-likeness (QED) is 0.387. The molecule has 2 aliphatic heterocycles. The Bertz CT molecular complexity index is 453. The molecular formula is C10H7NO3. The molecule has 0 amide bonds. The fourth-order valence-corrected chi connectivity index (χ4v) is 2.08. The highest BCUT2D eigenvalue weighted by Crippen LogP contribution is 2.48. The molecule has 0 aliphatic carbocycles. The van der Waals surface area contributed by atoms with E-state index in [9.17, 15) is 10.1 Å². The minimum Gasteiger partial charge on any atom is -0.357 e. The normalized spacial score (nSPS) is 26.6. The predicted octanol–water partition coefficient (Wildman–Crippen LogP) is 2.28. The van der Waals surface area contributed by atoms with Gasteiger partial charge < -0.3 is 4.74 Å². The van der Waals surface area contributed by atoms with E-state index in [0.29, 0.717) is 0 Å². The van der Waals surface area contributed by atoms with Crippen molar-refractivity contribution < 1.29 is 9.66 Å². The Morgan fingerprint density at radius 2 is 2.07 bits per heavy atom. The summed E-state index contributed by atoms with van der Waals surface area (Å²) < 4.78 is 5.52. The van der Waals surface area contributed by atoms with Gasteiger partial charge in [-0.2, -0.15) is 0 Å². The summed E-state index contributed by atoms with van der Waals surface area (Å²) >= 11 is 0. The van der Waals surface area contributed by atoms with E-state index in [2.05, 4.69) is 0 Å². The molecule has 4 heteroatoms. The van der Waals surface area contributed by atoms with Crippen molar-refractivity contribution in [3.8, 4) is 0 Å². The smallest absolute Gasteiger partial charge is 0.275 e. The fraction of sp³-hybridized carbons (Fsp3) is 0.200. The van der Waals surface area contributed by atoms with Gasteiger partial charge in [-0.25, -0.2) is 0 Å². The van der Waals surface area contributed by atoms with Crippen LogP contribution in [0.2, 0.25) is 0 Å². The molecule has 2 unspecified atom stereocenters. The second-order valence-corrected chi connectivity index (χ2v) is 3.40. The fourth-order valence-electron chi connectivity index (χ4n) is 2.08. The van der Waals surface area contributed by atoms with Crippen LogP contribution in [0, 0.1) is 10.1 Å². The molecule has 1 aromatic rings. The van der Waals surface area contributed by atoms with Crippen molar-refractivity contribution in [3.63, 3.8) is 0 Å². The summed E-state index contributed by atoms with van der Waals surface area (Å²) in [7, 11) is 0. The number of benzene rings is 1. The van der Waals surface area contributed by atoms with E-state index in [4.69, 9.17) is 4.74 Å². The first-order chi connectivity index (χ1) is 6.77. The van der Waals surface area contributed by atoms with E-state index in [-0.39, 0.29) is 22.8 Å². The molecule has 0 aromatic heterocycles. The second-order valence-electron chi connectivity index (χ2n) is 3.40. The first kappa shape index (κ1) is 7.70. The number of nitro groups is 1. The van der Waals surface area contributed by atoms with E-state index in [1.54, 1.807) is 6.07 Å². The minimum absolute atomic E-state index is 0.0742. The summed E-state index contributed by atoms with van der Waals surface area (Å²) in [4.78, 5) is 10.4. The molecule has 2 heterocycles. The third-order valence-electron chi connectivity index (χ3n) is 2.66. The van der Waals surface area contributed by atoms with Gasteiger partial charge in [0.2, 0.25) is 0 Å². The Morgan fingerprint density at radius 3 is 2.86 bits per heavy atom. The van der Waals surface area contributed by atoms with Gasteiger partial charge in [-0.3, -0.25) is 10.1 Å². The first-order valence-corrected chi connectivity index (χ1v) is 4.38. The number of fused-ring (bicyclic) bond motifs is 5. The van der Waals surface area contributed by atoms with Crippen LogP contribution in [0.1, 0.15) is 23.3 Å². The van der Waals surface area contributed by atoms with Crippen molar-refractivity contribution in [2.45, 2.75) is 12.2 Å². The van der Waals surface area contributed by atoms with E-state index in [1.165, 1.54) is 6.07 Å². The summed E-state index contributed by atoms with van der Waals surface area (Å²) in [6.07, 6.45) is 3.53. The summed E-state index contributed by atoms with van der Waals surface area (Å²) in [5, 5.41) is 10.8. The molecule has 1 aromatic carbocycles. The molecule has 2 bridgehead atoms. The predicted molar refractivity (Wildman–Crippen MR) is 48.8 cm³/mol. The van der Waals surface area contributed by atoms with Gasteiger partial charge in [-0.1, -0.05) is 24.3 Å². The summed E-state index contributed by atoms with van der Waals surface area (Å²) in [6.45, 7) is 0. The maximum atomic E-state index is 10.8. The number of hydrogen-bond donors (Lipinski definition) is 0. The number of rotatable bonds is 1. The highest BCUT2D eigenvalue weighted by Gasteiger charge is 2.38. The van der Waals surface area contributed by atoms with Gasteiger partial charge in [0.15, 0.2) is 0 Å². The van der Waals surface area contributed by atoms with E-state index in [1.807, 2.05) is 18.2 Å². The van der Waals surface area contributed by atoms with Crippen molar-refractivity contribution in [3.05, 3.63) is 51.6 Å². The maximum absolute atomic E-state index is 10.8. The lowest BCUT2D eigenvalue weighted by molar-refractivity contribution is -0.385. The zero-order chi connectivity index (χ0) is 9.71. The average Bonchev–Trinajstić information content (AvgIpc) is 2.77. The van der Waals surface area contributed by atoms with Crippen LogP contribution in [0.15, 0.2) is 30.4 Å². The Labute approximate surface area is 80.0 Å². The van der Waals surface area contributed by atoms with Crippen molar-refractivity contribution in [1.29, 1.82) is 0 Å². The zero-order valence-corrected chi connectivity index (χ0v) is 7.21. The SMILES string of the molecule is O=[N+]([O-])c1cccc2c1C1C=CC2O1. The Kier molecular flexibility index (Phi) is 1.33.